The number of para-hydroxylation sites is 1. The average molecular weight is 741 g/mol. The first-order chi connectivity index (χ1) is 28.7. The summed E-state index contributed by atoms with van der Waals surface area (Å²) < 4.78 is 9.44. The molecule has 5 nitrogen and oxygen atoms in total. The molecule has 0 saturated carbocycles. The van der Waals surface area contributed by atoms with Gasteiger partial charge in [-0.15, -0.1) is 0 Å². The largest absolute Gasteiger partial charge is 0.454 e. The summed E-state index contributed by atoms with van der Waals surface area (Å²) in [6, 6.07) is 68.0. The summed E-state index contributed by atoms with van der Waals surface area (Å²) in [5.74, 6) is 1.82. The van der Waals surface area contributed by atoms with Crippen molar-refractivity contribution in [3.05, 3.63) is 194 Å². The lowest BCUT2D eigenvalue weighted by Crippen LogP contribution is -2.00. The van der Waals surface area contributed by atoms with Crippen LogP contribution in [0.25, 0.3) is 116 Å². The fourth-order valence-corrected chi connectivity index (χ4v) is 8.73. The van der Waals surface area contributed by atoms with Crippen LogP contribution in [0, 0.1) is 0 Å². The van der Waals surface area contributed by atoms with Crippen LogP contribution in [-0.4, -0.2) is 19.5 Å². The smallest absolute Gasteiger partial charge is 0.164 e. The Morgan fingerprint density at radius 3 is 1.78 bits per heavy atom. The van der Waals surface area contributed by atoms with E-state index in [0.717, 1.165) is 66.5 Å². The maximum atomic E-state index is 7.05. The van der Waals surface area contributed by atoms with Crippen molar-refractivity contribution in [1.82, 2.24) is 19.5 Å². The molecule has 0 N–H and O–H groups in total. The van der Waals surface area contributed by atoms with Crippen molar-refractivity contribution in [2.24, 2.45) is 0 Å². The van der Waals surface area contributed by atoms with Gasteiger partial charge in [-0.05, 0) is 69.1 Å². The molecule has 0 unspecified atom stereocenters. The maximum absolute atomic E-state index is 7.05. The zero-order chi connectivity index (χ0) is 38.2. The zero-order valence-corrected chi connectivity index (χ0v) is 31.2. The molecule has 0 aliphatic rings. The highest BCUT2D eigenvalue weighted by atomic mass is 16.3. The van der Waals surface area contributed by atoms with Crippen LogP contribution in [0.15, 0.2) is 199 Å². The van der Waals surface area contributed by atoms with Gasteiger partial charge in [0.1, 0.15) is 5.58 Å². The van der Waals surface area contributed by atoms with Crippen LogP contribution in [-0.2, 0) is 0 Å². The number of furan rings is 1. The molecule has 0 radical (unpaired) electrons. The summed E-state index contributed by atoms with van der Waals surface area (Å²) in [5.41, 5.74) is 9.69. The Balaban J connectivity index is 1.19. The van der Waals surface area contributed by atoms with Crippen molar-refractivity contribution >= 4 is 65.3 Å². The van der Waals surface area contributed by atoms with Crippen molar-refractivity contribution in [2.75, 3.05) is 0 Å². The van der Waals surface area contributed by atoms with Gasteiger partial charge in [0.15, 0.2) is 23.1 Å². The topological polar surface area (TPSA) is 56.7 Å². The van der Waals surface area contributed by atoms with E-state index in [1.807, 2.05) is 66.7 Å². The lowest BCUT2D eigenvalue weighted by molar-refractivity contribution is 0.666. The molecule has 12 aromatic rings. The summed E-state index contributed by atoms with van der Waals surface area (Å²) in [6.45, 7) is 0. The number of benzene rings is 9. The van der Waals surface area contributed by atoms with Gasteiger partial charge in [-0.1, -0.05) is 158 Å². The van der Waals surface area contributed by atoms with Gasteiger partial charge < -0.3 is 8.98 Å². The molecule has 0 spiro atoms. The van der Waals surface area contributed by atoms with Crippen LogP contribution < -0.4 is 0 Å². The zero-order valence-electron chi connectivity index (χ0n) is 31.2. The summed E-state index contributed by atoms with van der Waals surface area (Å²) in [5, 5.41) is 9.19. The molecule has 12 rings (SSSR count). The van der Waals surface area contributed by atoms with Crippen molar-refractivity contribution in [3.8, 4) is 51.0 Å². The highest BCUT2D eigenvalue weighted by Crippen LogP contribution is 2.44. The minimum Gasteiger partial charge on any atom is -0.454 e. The van der Waals surface area contributed by atoms with E-state index in [-0.39, 0.29) is 0 Å². The number of rotatable bonds is 5. The number of aromatic nitrogens is 4. The van der Waals surface area contributed by atoms with Crippen LogP contribution in [0.1, 0.15) is 0 Å². The fourth-order valence-electron chi connectivity index (χ4n) is 8.73. The third kappa shape index (κ3) is 5.07. The second-order valence-corrected chi connectivity index (χ2v) is 14.8. The Morgan fingerprint density at radius 1 is 0.362 bits per heavy atom. The quantitative estimate of drug-likeness (QED) is 0.176. The first kappa shape index (κ1) is 32.4. The molecule has 0 aliphatic carbocycles. The van der Waals surface area contributed by atoms with E-state index >= 15 is 0 Å². The van der Waals surface area contributed by atoms with Gasteiger partial charge in [0, 0.05) is 38.2 Å². The third-order valence-corrected chi connectivity index (χ3v) is 11.4. The SMILES string of the molecule is c1ccc(-c2nc(-c3ccccc3)nc(-c3cccc4oc5c(-n6c7ccccc7c7c8ccccc8ccc76)cc(-c6ccc7ccccc7c6)cc5c34)n2)cc1. The van der Waals surface area contributed by atoms with Gasteiger partial charge >= 0.3 is 0 Å². The second-order valence-electron chi connectivity index (χ2n) is 14.8. The van der Waals surface area contributed by atoms with Crippen molar-refractivity contribution in [1.29, 1.82) is 0 Å². The van der Waals surface area contributed by atoms with Crippen LogP contribution in [0.4, 0.5) is 0 Å². The van der Waals surface area contributed by atoms with E-state index in [1.54, 1.807) is 0 Å². The first-order valence-electron chi connectivity index (χ1n) is 19.5. The first-order valence-corrected chi connectivity index (χ1v) is 19.5. The molecule has 0 fully saturated rings. The Labute approximate surface area is 333 Å². The number of hydrogen-bond acceptors (Lipinski definition) is 4. The molecular formula is C53H32N4O. The average Bonchev–Trinajstić information content (AvgIpc) is 3.85. The molecular weight excluding hydrogens is 709 g/mol. The highest BCUT2D eigenvalue weighted by Gasteiger charge is 2.23. The van der Waals surface area contributed by atoms with E-state index in [1.165, 1.54) is 32.3 Å². The molecule has 270 valence electrons. The Morgan fingerprint density at radius 2 is 1.00 bits per heavy atom. The number of nitrogens with zero attached hydrogens (tertiary/aromatic N) is 4. The third-order valence-electron chi connectivity index (χ3n) is 11.4. The van der Waals surface area contributed by atoms with Crippen molar-refractivity contribution in [3.63, 3.8) is 0 Å². The normalized spacial score (nSPS) is 11.8. The Kier molecular flexibility index (Phi) is 7.16. The lowest BCUT2D eigenvalue weighted by Gasteiger charge is -2.13. The van der Waals surface area contributed by atoms with Gasteiger partial charge in [-0.2, -0.15) is 0 Å². The molecule has 3 aromatic heterocycles. The summed E-state index contributed by atoms with van der Waals surface area (Å²) >= 11 is 0. The molecule has 58 heavy (non-hydrogen) atoms. The van der Waals surface area contributed by atoms with E-state index in [4.69, 9.17) is 19.4 Å². The summed E-state index contributed by atoms with van der Waals surface area (Å²) in [7, 11) is 0. The van der Waals surface area contributed by atoms with Crippen LogP contribution in [0.5, 0.6) is 0 Å². The fraction of sp³-hybridized carbons (Fsp3) is 0. The Bertz CT molecular complexity index is 3510. The van der Waals surface area contributed by atoms with E-state index in [2.05, 4.69) is 132 Å². The molecule has 0 aliphatic heterocycles. The lowest BCUT2D eigenvalue weighted by atomic mass is 9.97. The number of hydrogen-bond donors (Lipinski definition) is 0. The summed E-state index contributed by atoms with van der Waals surface area (Å²) in [4.78, 5) is 15.3. The molecule has 5 heteroatoms. The van der Waals surface area contributed by atoms with Gasteiger partial charge in [-0.3, -0.25) is 0 Å². The monoisotopic (exact) mass is 740 g/mol. The van der Waals surface area contributed by atoms with Crippen LogP contribution in [0.2, 0.25) is 0 Å². The predicted octanol–water partition coefficient (Wildman–Crippen LogP) is 13.8. The molecule has 9 aromatic carbocycles. The predicted molar refractivity (Wildman–Crippen MR) is 238 cm³/mol. The Hall–Kier alpha value is -7.89. The van der Waals surface area contributed by atoms with Gasteiger partial charge in [0.05, 0.1) is 16.7 Å². The standard InChI is InChI=1S/C53H32N4O/c1-3-16-35(17-4-1)51-54-52(36-18-5-2-6-19-36)56-53(55-51)42-23-13-25-47-49(42)43-31-39(38-27-26-33-14-7-8-20-37(33)30-38)32-46(50(43)58-47)57-44-24-12-11-22-41(44)48-40-21-10-9-15-34(40)28-29-45(48)57/h1-32H. The molecule has 0 bridgehead atoms. The number of fused-ring (bicyclic) bond motifs is 9. The molecule has 3 heterocycles. The molecule has 0 atom stereocenters. The summed E-state index contributed by atoms with van der Waals surface area (Å²) in [6.07, 6.45) is 0. The van der Waals surface area contributed by atoms with Crippen molar-refractivity contribution < 1.29 is 4.42 Å². The minimum atomic E-state index is 0.585. The van der Waals surface area contributed by atoms with Crippen molar-refractivity contribution in [2.45, 2.75) is 0 Å². The van der Waals surface area contributed by atoms with Crippen LogP contribution in [0.3, 0.4) is 0 Å². The van der Waals surface area contributed by atoms with Gasteiger partial charge in [0.25, 0.3) is 0 Å². The van der Waals surface area contributed by atoms with Crippen LogP contribution >= 0.6 is 0 Å². The molecule has 0 amide bonds. The van der Waals surface area contributed by atoms with E-state index in [0.29, 0.717) is 17.5 Å². The second kappa shape index (κ2) is 12.8. The highest BCUT2D eigenvalue weighted by molar-refractivity contribution is 6.22. The maximum Gasteiger partial charge on any atom is 0.164 e. The molecule has 0 saturated heterocycles. The van der Waals surface area contributed by atoms with E-state index < -0.39 is 0 Å². The van der Waals surface area contributed by atoms with Gasteiger partial charge in [-0.25, -0.2) is 15.0 Å². The van der Waals surface area contributed by atoms with Gasteiger partial charge in [0.2, 0.25) is 0 Å². The van der Waals surface area contributed by atoms with E-state index in [9.17, 15) is 0 Å². The minimum absolute atomic E-state index is 0.585.